The lowest BCUT2D eigenvalue weighted by Gasteiger charge is -2.61. The van der Waals surface area contributed by atoms with Crippen molar-refractivity contribution in [2.24, 2.45) is 28.2 Å². The fourth-order valence-corrected chi connectivity index (χ4v) is 8.45. The van der Waals surface area contributed by atoms with E-state index in [1.807, 2.05) is 18.2 Å². The van der Waals surface area contributed by atoms with Crippen molar-refractivity contribution in [3.05, 3.63) is 64.5 Å². The summed E-state index contributed by atoms with van der Waals surface area (Å²) in [5.74, 6) is 3.14. The number of aryl methyl sites for hydroxylation is 2. The van der Waals surface area contributed by atoms with E-state index in [1.54, 1.807) is 23.0 Å². The highest BCUT2D eigenvalue weighted by Crippen LogP contribution is 2.61. The van der Waals surface area contributed by atoms with Crippen molar-refractivity contribution < 1.29 is 9.13 Å². The molecule has 234 valence electrons. The number of fused-ring (bicyclic) bond motifs is 4. The summed E-state index contributed by atoms with van der Waals surface area (Å²) in [5, 5.41) is 4.24. The van der Waals surface area contributed by atoms with E-state index in [1.165, 1.54) is 39.0 Å². The predicted molar refractivity (Wildman–Crippen MR) is 173 cm³/mol. The highest BCUT2D eigenvalue weighted by Gasteiger charge is 2.56. The Morgan fingerprint density at radius 1 is 1.16 bits per heavy atom. The zero-order valence-electron chi connectivity index (χ0n) is 26.4. The van der Waals surface area contributed by atoms with Crippen molar-refractivity contribution in [3.8, 4) is 5.75 Å². The van der Waals surface area contributed by atoms with Crippen LogP contribution in [0.4, 0.5) is 10.1 Å². The SMILES string of the molecule is COc1ccc(CCn2cnc3cc(N/C(=N/[C@H]4C[C@@H]5C[C@H]([C@@H]4C)C5(C)C)N4CCN5CCCC5C4)ccc3c2=O)c(F)c1. The number of nitrogens with zero attached hydrogens (tertiary/aromatic N) is 5. The number of hydrogen-bond donors (Lipinski definition) is 1. The summed E-state index contributed by atoms with van der Waals surface area (Å²) in [6.07, 6.45) is 6.97. The number of aromatic nitrogens is 2. The van der Waals surface area contributed by atoms with Crippen LogP contribution in [0.1, 0.15) is 52.0 Å². The number of rotatable bonds is 6. The number of hydrogen-bond acceptors (Lipinski definition) is 5. The fraction of sp³-hybridized carbons (Fsp3) is 0.571. The number of piperazine rings is 1. The van der Waals surface area contributed by atoms with Gasteiger partial charge in [-0.3, -0.25) is 14.3 Å². The molecule has 3 saturated carbocycles. The Balaban J connectivity index is 1.12. The third kappa shape index (κ3) is 5.27. The molecule has 5 fully saturated rings. The van der Waals surface area contributed by atoms with Crippen LogP contribution in [0.5, 0.6) is 5.75 Å². The summed E-state index contributed by atoms with van der Waals surface area (Å²) in [6.45, 7) is 11.9. The molecule has 2 saturated heterocycles. The molecule has 3 heterocycles. The van der Waals surface area contributed by atoms with Gasteiger partial charge in [0.2, 0.25) is 0 Å². The van der Waals surface area contributed by atoms with Crippen LogP contribution < -0.4 is 15.6 Å². The highest BCUT2D eigenvalue weighted by atomic mass is 19.1. The van der Waals surface area contributed by atoms with Crippen LogP contribution in [0.3, 0.4) is 0 Å². The molecular weight excluding hydrogens is 555 g/mol. The van der Waals surface area contributed by atoms with Gasteiger partial charge < -0.3 is 15.0 Å². The summed E-state index contributed by atoms with van der Waals surface area (Å²) in [6, 6.07) is 11.5. The molecule has 3 aliphatic carbocycles. The molecule has 0 amide bonds. The van der Waals surface area contributed by atoms with Gasteiger partial charge in [0.1, 0.15) is 11.6 Å². The average Bonchev–Trinajstić information content (AvgIpc) is 3.49. The molecule has 2 aliphatic heterocycles. The number of ether oxygens (including phenoxy) is 1. The summed E-state index contributed by atoms with van der Waals surface area (Å²) >= 11 is 0. The minimum atomic E-state index is -0.336. The van der Waals surface area contributed by atoms with E-state index in [9.17, 15) is 9.18 Å². The van der Waals surface area contributed by atoms with Crippen LogP contribution in [0.15, 0.2) is 52.5 Å². The van der Waals surface area contributed by atoms with Gasteiger partial charge in [0.05, 0.1) is 30.4 Å². The number of nitrogens with one attached hydrogen (secondary N) is 1. The topological polar surface area (TPSA) is 75.0 Å². The first-order valence-corrected chi connectivity index (χ1v) is 16.4. The summed E-state index contributed by atoms with van der Waals surface area (Å²) < 4.78 is 21.1. The third-order valence-electron chi connectivity index (χ3n) is 11.5. The molecule has 9 heteroatoms. The second-order valence-corrected chi connectivity index (χ2v) is 14.1. The number of halogens is 1. The van der Waals surface area contributed by atoms with Gasteiger partial charge in [-0.1, -0.05) is 26.8 Å². The number of guanidine groups is 1. The second kappa shape index (κ2) is 11.5. The molecule has 1 aromatic heterocycles. The standard InChI is InChI=1S/C35H45FN6O2/c1-22-29-16-24(35(29,2)3)17-31(22)39-34(41-15-14-40-12-5-6-26(40)20-41)38-25-8-10-28-32(18-25)37-21-42(33(28)43)13-11-23-7-9-27(44-4)19-30(23)36/h7-10,18-19,21-22,24,26,29,31H,5-6,11-17,20H2,1-4H3,(H,38,39)/t22-,24-,26?,29+,31-/m0/s1. The van der Waals surface area contributed by atoms with Gasteiger partial charge in [-0.25, -0.2) is 14.4 Å². The van der Waals surface area contributed by atoms with Gasteiger partial charge in [0, 0.05) is 44.0 Å². The second-order valence-electron chi connectivity index (χ2n) is 14.1. The fourth-order valence-electron chi connectivity index (χ4n) is 8.45. The van der Waals surface area contributed by atoms with Crippen LogP contribution in [0, 0.1) is 29.0 Å². The number of benzene rings is 2. The Morgan fingerprint density at radius 2 is 2.02 bits per heavy atom. The van der Waals surface area contributed by atoms with Gasteiger partial charge >= 0.3 is 0 Å². The van der Waals surface area contributed by atoms with Gasteiger partial charge in [-0.2, -0.15) is 0 Å². The number of anilines is 1. The van der Waals surface area contributed by atoms with E-state index in [-0.39, 0.29) is 11.4 Å². The molecule has 0 radical (unpaired) electrons. The number of methoxy groups -OCH3 is 1. The molecule has 5 aliphatic rings. The lowest BCUT2D eigenvalue weighted by molar-refractivity contribution is -0.108. The maximum atomic E-state index is 14.5. The van der Waals surface area contributed by atoms with E-state index >= 15 is 0 Å². The van der Waals surface area contributed by atoms with Crippen molar-refractivity contribution >= 4 is 22.5 Å². The van der Waals surface area contributed by atoms with Crippen molar-refractivity contribution in [1.82, 2.24) is 19.4 Å². The molecule has 3 aromatic rings. The Bertz CT molecular complexity index is 1640. The van der Waals surface area contributed by atoms with E-state index in [4.69, 9.17) is 9.73 Å². The van der Waals surface area contributed by atoms with Crippen LogP contribution >= 0.6 is 0 Å². The summed E-state index contributed by atoms with van der Waals surface area (Å²) in [7, 11) is 1.51. The third-order valence-corrected chi connectivity index (χ3v) is 11.5. The quantitative estimate of drug-likeness (QED) is 0.302. The lowest BCUT2D eigenvalue weighted by atomic mass is 9.45. The molecule has 0 spiro atoms. The van der Waals surface area contributed by atoms with E-state index in [2.05, 4.69) is 40.9 Å². The smallest absolute Gasteiger partial charge is 0.261 e. The van der Waals surface area contributed by atoms with Crippen LogP contribution in [-0.2, 0) is 13.0 Å². The molecule has 1 unspecified atom stereocenters. The normalized spacial score (nSPS) is 28.1. The molecule has 5 atom stereocenters. The Kier molecular flexibility index (Phi) is 7.63. The molecule has 8 nitrogen and oxygen atoms in total. The first kappa shape index (κ1) is 29.3. The van der Waals surface area contributed by atoms with Gasteiger partial charge in [-0.05, 0) is 91.6 Å². The summed E-state index contributed by atoms with van der Waals surface area (Å²) in [4.78, 5) is 28.5. The van der Waals surface area contributed by atoms with Gasteiger partial charge in [0.25, 0.3) is 5.56 Å². The van der Waals surface area contributed by atoms with E-state index in [0.717, 1.165) is 49.5 Å². The Morgan fingerprint density at radius 3 is 2.80 bits per heavy atom. The molecule has 2 bridgehead atoms. The first-order valence-electron chi connectivity index (χ1n) is 16.4. The van der Waals surface area contributed by atoms with Crippen LogP contribution in [0.2, 0.25) is 0 Å². The molecule has 8 rings (SSSR count). The minimum Gasteiger partial charge on any atom is -0.497 e. The van der Waals surface area contributed by atoms with Gasteiger partial charge in [-0.15, -0.1) is 0 Å². The summed E-state index contributed by atoms with van der Waals surface area (Å²) in [5.41, 5.74) is 2.37. The molecule has 44 heavy (non-hydrogen) atoms. The first-order chi connectivity index (χ1) is 21.2. The van der Waals surface area contributed by atoms with E-state index < -0.39 is 0 Å². The van der Waals surface area contributed by atoms with Gasteiger partial charge in [0.15, 0.2) is 5.96 Å². The zero-order chi connectivity index (χ0) is 30.6. The maximum absolute atomic E-state index is 14.5. The Hall–Kier alpha value is -3.46. The monoisotopic (exact) mass is 600 g/mol. The maximum Gasteiger partial charge on any atom is 0.261 e. The van der Waals surface area contributed by atoms with E-state index in [0.29, 0.717) is 58.6 Å². The average molecular weight is 601 g/mol. The highest BCUT2D eigenvalue weighted by molar-refractivity contribution is 5.96. The largest absolute Gasteiger partial charge is 0.497 e. The molecule has 1 N–H and O–H groups in total. The molecular formula is C35H45FN6O2. The lowest BCUT2D eigenvalue weighted by Crippen LogP contribution is -2.57. The minimum absolute atomic E-state index is 0.125. The Labute approximate surface area is 259 Å². The van der Waals surface area contributed by atoms with Crippen molar-refractivity contribution in [2.45, 2.75) is 71.5 Å². The van der Waals surface area contributed by atoms with Crippen molar-refractivity contribution in [1.29, 1.82) is 0 Å². The zero-order valence-corrected chi connectivity index (χ0v) is 26.4. The van der Waals surface area contributed by atoms with Crippen LogP contribution in [-0.4, -0.2) is 70.7 Å². The molecule has 2 aromatic carbocycles. The van der Waals surface area contributed by atoms with Crippen molar-refractivity contribution in [3.63, 3.8) is 0 Å². The number of aliphatic imine (C=N–C) groups is 1. The van der Waals surface area contributed by atoms with Crippen LogP contribution in [0.25, 0.3) is 10.9 Å². The van der Waals surface area contributed by atoms with Crippen molar-refractivity contribution in [2.75, 3.05) is 38.6 Å². The predicted octanol–water partition coefficient (Wildman–Crippen LogP) is 5.41.